The van der Waals surface area contributed by atoms with Crippen LogP contribution in [0.1, 0.15) is 21.0 Å². The minimum absolute atomic E-state index is 0.261. The van der Waals surface area contributed by atoms with Gasteiger partial charge in [-0.05, 0) is 12.1 Å². The number of aromatic carboxylic acids is 2. The third-order valence-corrected chi connectivity index (χ3v) is 4.26. The molecule has 0 aliphatic rings. The molecule has 2 heterocycles. The molecule has 0 spiro atoms. The lowest BCUT2D eigenvalue weighted by atomic mass is 10.0. The quantitative estimate of drug-likeness (QED) is 0.407. The lowest BCUT2D eigenvalue weighted by Crippen LogP contribution is -2.11. The predicted molar refractivity (Wildman–Crippen MR) is 94.1 cm³/mol. The Morgan fingerprint density at radius 3 is 1.35 bits per heavy atom. The maximum Gasteiger partial charge on any atom is 0.352 e. The number of rotatable bonds is 2. The molecule has 0 fully saturated rings. The maximum atomic E-state index is 12.2. The molecule has 4 rings (SSSR count). The summed E-state index contributed by atoms with van der Waals surface area (Å²) in [6.07, 6.45) is 0. The Balaban J connectivity index is 2.24. The third-order valence-electron chi connectivity index (χ3n) is 4.26. The van der Waals surface area contributed by atoms with Crippen LogP contribution in [0.3, 0.4) is 0 Å². The number of fused-ring (bicyclic) bond motifs is 5. The number of hydrogen-bond acceptors (Lipinski definition) is 4. The second-order valence-corrected chi connectivity index (χ2v) is 5.78. The van der Waals surface area contributed by atoms with E-state index in [1.165, 1.54) is 12.1 Å². The molecular weight excluding hydrogens is 340 g/mol. The minimum atomic E-state index is -1.27. The van der Waals surface area contributed by atoms with E-state index >= 15 is 0 Å². The molecule has 8 nitrogen and oxygen atoms in total. The fourth-order valence-corrected chi connectivity index (χ4v) is 3.08. The van der Waals surface area contributed by atoms with E-state index in [0.717, 1.165) is 12.1 Å². The molecule has 4 aromatic rings. The van der Waals surface area contributed by atoms with Gasteiger partial charge in [-0.15, -0.1) is 0 Å². The molecule has 0 amide bonds. The SMILES string of the molecule is O=C(O)c1cc(=O)c2ccc3c(ccc4c(=O)cc(C(=O)O)[nH]c43)c2[nH]1. The number of carboxylic acid groups (broad SMARTS) is 2. The molecule has 4 N–H and O–H groups in total. The van der Waals surface area contributed by atoms with Crippen LogP contribution in [0.25, 0.3) is 32.6 Å². The summed E-state index contributed by atoms with van der Waals surface area (Å²) in [5.41, 5.74) is -0.825. The molecule has 0 atom stereocenters. The minimum Gasteiger partial charge on any atom is -0.477 e. The van der Waals surface area contributed by atoms with E-state index in [1.807, 2.05) is 0 Å². The number of aromatic nitrogens is 2. The summed E-state index contributed by atoms with van der Waals surface area (Å²) in [4.78, 5) is 52.3. The van der Waals surface area contributed by atoms with E-state index < -0.39 is 22.8 Å². The molecule has 2 aromatic carbocycles. The lowest BCUT2D eigenvalue weighted by molar-refractivity contribution is 0.0680. The van der Waals surface area contributed by atoms with Crippen molar-refractivity contribution in [2.24, 2.45) is 0 Å². The van der Waals surface area contributed by atoms with Gasteiger partial charge in [0.1, 0.15) is 11.4 Å². The van der Waals surface area contributed by atoms with Crippen LogP contribution in [0.5, 0.6) is 0 Å². The summed E-state index contributed by atoms with van der Waals surface area (Å²) in [6.45, 7) is 0. The van der Waals surface area contributed by atoms with Gasteiger partial charge in [0.25, 0.3) is 0 Å². The molecule has 0 radical (unpaired) electrons. The highest BCUT2D eigenvalue weighted by Gasteiger charge is 2.14. The molecule has 26 heavy (non-hydrogen) atoms. The first-order chi connectivity index (χ1) is 12.4. The van der Waals surface area contributed by atoms with Crippen molar-refractivity contribution in [3.63, 3.8) is 0 Å². The van der Waals surface area contributed by atoms with Gasteiger partial charge in [0.05, 0.1) is 11.0 Å². The summed E-state index contributed by atoms with van der Waals surface area (Å²) < 4.78 is 0. The zero-order valence-corrected chi connectivity index (χ0v) is 13.0. The molecule has 0 bridgehead atoms. The Morgan fingerprint density at radius 1 is 0.654 bits per heavy atom. The van der Waals surface area contributed by atoms with E-state index in [1.54, 1.807) is 12.1 Å². The molecule has 2 aromatic heterocycles. The van der Waals surface area contributed by atoms with Crippen LogP contribution in [0.15, 0.2) is 46.0 Å². The summed E-state index contributed by atoms with van der Waals surface area (Å²) >= 11 is 0. The Labute approximate surface area is 143 Å². The van der Waals surface area contributed by atoms with Crippen LogP contribution in [-0.2, 0) is 0 Å². The molecular formula is C18H10N2O6. The molecule has 0 unspecified atom stereocenters. The fourth-order valence-electron chi connectivity index (χ4n) is 3.08. The highest BCUT2D eigenvalue weighted by Crippen LogP contribution is 2.27. The smallest absolute Gasteiger partial charge is 0.352 e. The summed E-state index contributed by atoms with van der Waals surface area (Å²) in [5.74, 6) is -2.55. The van der Waals surface area contributed by atoms with E-state index in [0.29, 0.717) is 32.6 Å². The first kappa shape index (κ1) is 15.6. The molecule has 0 saturated carbocycles. The summed E-state index contributed by atoms with van der Waals surface area (Å²) in [7, 11) is 0. The Kier molecular flexibility index (Phi) is 3.16. The van der Waals surface area contributed by atoms with Gasteiger partial charge in [-0.2, -0.15) is 0 Å². The number of pyridine rings is 2. The first-order valence-corrected chi connectivity index (χ1v) is 7.49. The van der Waals surface area contributed by atoms with Crippen molar-refractivity contribution in [1.82, 2.24) is 9.97 Å². The average Bonchev–Trinajstić information content (AvgIpc) is 2.60. The first-order valence-electron chi connectivity index (χ1n) is 7.49. The third kappa shape index (κ3) is 2.16. The number of carbonyl (C=O) groups is 2. The Morgan fingerprint density at radius 2 is 1.00 bits per heavy atom. The van der Waals surface area contributed by atoms with E-state index in [2.05, 4.69) is 9.97 Å². The molecule has 128 valence electrons. The zero-order valence-electron chi connectivity index (χ0n) is 13.0. The van der Waals surface area contributed by atoms with Crippen LogP contribution in [0, 0.1) is 0 Å². The lowest BCUT2D eigenvalue weighted by Gasteiger charge is -2.09. The van der Waals surface area contributed by atoms with Crippen molar-refractivity contribution in [2.45, 2.75) is 0 Å². The van der Waals surface area contributed by atoms with Crippen LogP contribution < -0.4 is 10.9 Å². The molecule has 0 aliphatic carbocycles. The van der Waals surface area contributed by atoms with Gasteiger partial charge in [-0.25, -0.2) is 9.59 Å². The van der Waals surface area contributed by atoms with Crippen LogP contribution >= 0.6 is 0 Å². The highest BCUT2D eigenvalue weighted by molar-refractivity contribution is 6.15. The normalized spacial score (nSPS) is 11.2. The second-order valence-electron chi connectivity index (χ2n) is 5.78. The van der Waals surface area contributed by atoms with Gasteiger partial charge < -0.3 is 20.2 Å². The Hall–Kier alpha value is -3.94. The van der Waals surface area contributed by atoms with Crippen molar-refractivity contribution >= 4 is 44.5 Å². The van der Waals surface area contributed by atoms with Crippen molar-refractivity contribution < 1.29 is 19.8 Å². The van der Waals surface area contributed by atoms with Crippen molar-refractivity contribution in [3.8, 4) is 0 Å². The van der Waals surface area contributed by atoms with E-state index in [9.17, 15) is 19.2 Å². The monoisotopic (exact) mass is 350 g/mol. The summed E-state index contributed by atoms with van der Waals surface area (Å²) in [6, 6.07) is 8.21. The largest absolute Gasteiger partial charge is 0.477 e. The predicted octanol–water partition coefficient (Wildman–Crippen LogP) is 1.92. The zero-order chi connectivity index (χ0) is 18.6. The highest BCUT2D eigenvalue weighted by atomic mass is 16.4. The number of hydrogen-bond donors (Lipinski definition) is 4. The van der Waals surface area contributed by atoms with Gasteiger partial charge in [-0.3, -0.25) is 9.59 Å². The van der Waals surface area contributed by atoms with Crippen LogP contribution in [0.2, 0.25) is 0 Å². The Bertz CT molecular complexity index is 1270. The number of H-pyrrole nitrogens is 2. The molecule has 0 saturated heterocycles. The summed E-state index contributed by atoms with van der Waals surface area (Å²) in [5, 5.41) is 19.9. The maximum absolute atomic E-state index is 12.2. The number of nitrogens with one attached hydrogen (secondary N) is 2. The molecule has 0 aliphatic heterocycles. The van der Waals surface area contributed by atoms with Crippen LogP contribution in [-0.4, -0.2) is 32.1 Å². The average molecular weight is 350 g/mol. The van der Waals surface area contributed by atoms with Gasteiger partial charge in [0.15, 0.2) is 10.9 Å². The van der Waals surface area contributed by atoms with Gasteiger partial charge in [0.2, 0.25) is 0 Å². The number of carboxylic acids is 2. The second kappa shape index (κ2) is 5.28. The standard InChI is InChI=1S/C18H10N2O6/c21-13-5-12(18(25)26)20-16-8-2-4-10-14(22)6-11(17(23)24)19-15(10)7(8)1-3-9(13)16/h1-6H,(H,19,22)(H,20,21)(H,23,24)(H,25,26). The molecule has 8 heteroatoms. The number of benzene rings is 2. The van der Waals surface area contributed by atoms with Crippen LogP contribution in [0.4, 0.5) is 0 Å². The topological polar surface area (TPSA) is 140 Å². The van der Waals surface area contributed by atoms with Gasteiger partial charge in [-0.1, -0.05) is 12.1 Å². The van der Waals surface area contributed by atoms with Crippen molar-refractivity contribution in [3.05, 3.63) is 68.2 Å². The van der Waals surface area contributed by atoms with E-state index in [-0.39, 0.29) is 11.4 Å². The number of aromatic amines is 2. The van der Waals surface area contributed by atoms with Gasteiger partial charge >= 0.3 is 11.9 Å². The van der Waals surface area contributed by atoms with E-state index in [4.69, 9.17) is 10.2 Å². The van der Waals surface area contributed by atoms with Gasteiger partial charge in [0, 0.05) is 33.7 Å². The van der Waals surface area contributed by atoms with Crippen molar-refractivity contribution in [1.29, 1.82) is 0 Å². The van der Waals surface area contributed by atoms with Crippen molar-refractivity contribution in [2.75, 3.05) is 0 Å². The fraction of sp³-hybridized carbons (Fsp3) is 0.